The minimum absolute atomic E-state index is 0.101. The summed E-state index contributed by atoms with van der Waals surface area (Å²) < 4.78 is 11.7. The number of likely N-dealkylation sites (tertiary alicyclic amines) is 1. The monoisotopic (exact) mass is 577 g/mol. The average Bonchev–Trinajstić information content (AvgIpc) is 3.35. The van der Waals surface area contributed by atoms with Gasteiger partial charge in [-0.15, -0.1) is 11.3 Å². The Morgan fingerprint density at radius 3 is 2.59 bits per heavy atom. The second-order valence-electron chi connectivity index (χ2n) is 12.7. The maximum Gasteiger partial charge on any atom is 0.254 e. The van der Waals surface area contributed by atoms with Gasteiger partial charge in [0.1, 0.15) is 11.3 Å². The largest absolute Gasteiger partial charge is 0.494 e. The SMILES string of the molecule is CN.COc1cc(C(=O)N2C[C@H]3CC[C@@H]2C3)cc2nc(-c3cc4scc(CCC(C)(C)O)c4n3CC3CC3)n(C)c12. The molecule has 3 N–H and O–H groups in total. The van der Waals surface area contributed by atoms with E-state index >= 15 is 0 Å². The number of fused-ring (bicyclic) bond motifs is 4. The van der Waals surface area contributed by atoms with Crippen molar-refractivity contribution in [2.24, 2.45) is 24.6 Å². The molecule has 4 aromatic rings. The number of piperidine rings is 1. The molecular formula is C32H43N5O3S. The number of hydrogen-bond donors (Lipinski definition) is 2. The first-order chi connectivity index (χ1) is 19.7. The van der Waals surface area contributed by atoms with E-state index in [2.05, 4.69) is 31.2 Å². The molecule has 8 nitrogen and oxygen atoms in total. The summed E-state index contributed by atoms with van der Waals surface area (Å²) in [5, 5.41) is 12.6. The van der Waals surface area contributed by atoms with Crippen LogP contribution < -0.4 is 10.5 Å². The first-order valence-electron chi connectivity index (χ1n) is 15.0. The van der Waals surface area contributed by atoms with Gasteiger partial charge in [0.05, 0.1) is 34.1 Å². The van der Waals surface area contributed by atoms with Gasteiger partial charge in [-0.05, 0) is 107 Å². The molecular weight excluding hydrogens is 534 g/mol. The highest BCUT2D eigenvalue weighted by molar-refractivity contribution is 7.17. The molecule has 0 spiro atoms. The Hall–Kier alpha value is -2.88. The maximum absolute atomic E-state index is 13.6. The van der Waals surface area contributed by atoms with Crippen molar-refractivity contribution in [2.75, 3.05) is 20.7 Å². The third-order valence-corrected chi connectivity index (χ3v) is 10.1. The molecule has 0 unspecified atom stereocenters. The highest BCUT2D eigenvalue weighted by atomic mass is 32.1. The highest BCUT2D eigenvalue weighted by Gasteiger charge is 2.40. The number of carbonyl (C=O) groups excluding carboxylic acids is 1. The van der Waals surface area contributed by atoms with Crippen LogP contribution in [0.15, 0.2) is 23.6 Å². The number of nitrogens with zero attached hydrogens (tertiary/aromatic N) is 4. The fourth-order valence-corrected chi connectivity index (χ4v) is 7.88. The normalized spacial score (nSPS) is 20.2. The van der Waals surface area contributed by atoms with Crippen LogP contribution in [0.5, 0.6) is 5.75 Å². The average molecular weight is 578 g/mol. The predicted molar refractivity (Wildman–Crippen MR) is 166 cm³/mol. The Morgan fingerprint density at radius 1 is 1.17 bits per heavy atom. The van der Waals surface area contributed by atoms with Crippen molar-refractivity contribution in [3.8, 4) is 17.3 Å². The van der Waals surface area contributed by atoms with Gasteiger partial charge in [-0.3, -0.25) is 4.79 Å². The summed E-state index contributed by atoms with van der Waals surface area (Å²) in [5.41, 5.74) is 9.88. The van der Waals surface area contributed by atoms with E-state index in [9.17, 15) is 9.90 Å². The first kappa shape index (κ1) is 28.2. The molecule has 41 heavy (non-hydrogen) atoms. The zero-order valence-electron chi connectivity index (χ0n) is 24.9. The van der Waals surface area contributed by atoms with E-state index in [1.807, 2.05) is 33.0 Å². The van der Waals surface area contributed by atoms with E-state index < -0.39 is 5.60 Å². The minimum atomic E-state index is -0.692. The number of ether oxygens (including phenoxy) is 1. The molecule has 220 valence electrons. The number of aromatic nitrogens is 3. The van der Waals surface area contributed by atoms with Crippen LogP contribution >= 0.6 is 11.3 Å². The van der Waals surface area contributed by atoms with Crippen molar-refractivity contribution in [1.82, 2.24) is 19.0 Å². The lowest BCUT2D eigenvalue weighted by Gasteiger charge is -2.27. The number of carbonyl (C=O) groups is 1. The zero-order valence-corrected chi connectivity index (χ0v) is 25.8. The Bertz CT molecular complexity index is 1590. The molecule has 2 aliphatic carbocycles. The maximum atomic E-state index is 13.6. The van der Waals surface area contributed by atoms with Gasteiger partial charge >= 0.3 is 0 Å². The summed E-state index contributed by atoms with van der Waals surface area (Å²) in [4.78, 5) is 20.8. The van der Waals surface area contributed by atoms with E-state index in [0.29, 0.717) is 29.2 Å². The number of imidazole rings is 1. The molecule has 2 atom stereocenters. The highest BCUT2D eigenvalue weighted by Crippen LogP contribution is 2.42. The molecule has 1 aliphatic heterocycles. The Labute approximate surface area is 246 Å². The fraction of sp³-hybridized carbons (Fsp3) is 0.562. The summed E-state index contributed by atoms with van der Waals surface area (Å²) >= 11 is 1.77. The number of methoxy groups -OCH3 is 1. The molecule has 7 rings (SSSR count). The van der Waals surface area contributed by atoms with E-state index in [0.717, 1.165) is 61.3 Å². The quantitative estimate of drug-likeness (QED) is 0.285. The van der Waals surface area contributed by atoms with Crippen LogP contribution in [0.4, 0.5) is 0 Å². The number of hydrogen-bond acceptors (Lipinski definition) is 6. The van der Waals surface area contributed by atoms with E-state index in [4.69, 9.17) is 9.72 Å². The van der Waals surface area contributed by atoms with E-state index in [-0.39, 0.29) is 5.91 Å². The van der Waals surface area contributed by atoms with Crippen molar-refractivity contribution in [3.63, 3.8) is 0 Å². The zero-order chi connectivity index (χ0) is 29.1. The van der Waals surface area contributed by atoms with Crippen LogP contribution in [0.3, 0.4) is 0 Å². The van der Waals surface area contributed by atoms with Crippen molar-refractivity contribution in [2.45, 2.75) is 77.0 Å². The summed E-state index contributed by atoms with van der Waals surface area (Å²) in [6.07, 6.45) is 7.62. The summed E-state index contributed by atoms with van der Waals surface area (Å²) in [6.45, 7) is 5.61. The smallest absolute Gasteiger partial charge is 0.254 e. The summed E-state index contributed by atoms with van der Waals surface area (Å²) in [6, 6.07) is 6.52. The number of amides is 1. The molecule has 2 saturated carbocycles. The number of aliphatic hydroxyl groups is 1. The standard InChI is InChI=1S/C31H38N4O3S.CH5N/c1-31(2,37)10-9-20-17-39-26-14-24(35(27(20)26)15-18-5-6-18)29-32-23-12-21(13-25(38-4)28(23)33(29)3)30(36)34-16-19-7-8-22(34)11-19;1-2/h12-14,17-19,22,37H,5-11,15-16H2,1-4H3;2H2,1H3/t19-,22+;/m0./s1. The molecule has 3 aromatic heterocycles. The second-order valence-corrected chi connectivity index (χ2v) is 13.6. The lowest BCUT2D eigenvalue weighted by molar-refractivity contribution is 0.0700. The van der Waals surface area contributed by atoms with Gasteiger partial charge in [0.15, 0.2) is 5.82 Å². The summed E-state index contributed by atoms with van der Waals surface area (Å²) in [5.74, 6) is 3.04. The van der Waals surface area contributed by atoms with E-state index in [1.165, 1.54) is 42.1 Å². The molecule has 9 heteroatoms. The number of rotatable bonds is 8. The number of benzene rings is 1. The fourth-order valence-electron chi connectivity index (χ4n) is 6.85. The predicted octanol–water partition coefficient (Wildman–Crippen LogP) is 5.58. The lowest BCUT2D eigenvalue weighted by atomic mass is 10.00. The van der Waals surface area contributed by atoms with Crippen molar-refractivity contribution in [3.05, 3.63) is 34.7 Å². The number of aryl methyl sites for hydroxylation is 2. The van der Waals surface area contributed by atoms with Crippen LogP contribution in [0.1, 0.15) is 68.3 Å². The van der Waals surface area contributed by atoms with Gasteiger partial charge in [-0.2, -0.15) is 0 Å². The molecule has 3 aliphatic rings. The third-order valence-electron chi connectivity index (χ3n) is 9.14. The van der Waals surface area contributed by atoms with Crippen molar-refractivity contribution in [1.29, 1.82) is 0 Å². The van der Waals surface area contributed by atoms with Crippen LogP contribution in [0.2, 0.25) is 0 Å². The lowest BCUT2D eigenvalue weighted by Crippen LogP contribution is -2.37. The van der Waals surface area contributed by atoms with Gasteiger partial charge < -0.3 is 29.6 Å². The molecule has 0 radical (unpaired) electrons. The van der Waals surface area contributed by atoms with Crippen molar-refractivity contribution < 1.29 is 14.6 Å². The molecule has 2 bridgehead atoms. The van der Waals surface area contributed by atoms with Crippen molar-refractivity contribution >= 4 is 38.5 Å². The van der Waals surface area contributed by atoms with E-state index in [1.54, 1.807) is 18.4 Å². The molecule has 1 aromatic carbocycles. The number of thiophene rings is 1. The number of nitrogens with two attached hydrogens (primary N) is 1. The van der Waals surface area contributed by atoms with Crippen LogP contribution in [-0.2, 0) is 20.0 Å². The molecule has 1 saturated heterocycles. The molecule has 3 fully saturated rings. The molecule has 1 amide bonds. The van der Waals surface area contributed by atoms with Gasteiger partial charge in [-0.1, -0.05) is 0 Å². The van der Waals surface area contributed by atoms with Crippen LogP contribution in [0, 0.1) is 11.8 Å². The Balaban J connectivity index is 0.00000148. The van der Waals surface area contributed by atoms with Crippen LogP contribution in [0.25, 0.3) is 32.8 Å². The second kappa shape index (κ2) is 10.7. The van der Waals surface area contributed by atoms with Crippen LogP contribution in [-0.4, -0.2) is 62.4 Å². The minimum Gasteiger partial charge on any atom is -0.494 e. The topological polar surface area (TPSA) is 98.5 Å². The van der Waals surface area contributed by atoms with Gasteiger partial charge in [-0.25, -0.2) is 4.98 Å². The first-order valence-corrected chi connectivity index (χ1v) is 15.8. The van der Waals surface area contributed by atoms with Gasteiger partial charge in [0.2, 0.25) is 0 Å². The summed E-state index contributed by atoms with van der Waals surface area (Å²) in [7, 11) is 5.22. The molecule has 4 heterocycles. The Kier molecular flexibility index (Phi) is 7.41. The van der Waals surface area contributed by atoms with Gasteiger partial charge in [0.25, 0.3) is 5.91 Å². The third kappa shape index (κ3) is 5.17. The Morgan fingerprint density at radius 2 is 1.95 bits per heavy atom. The van der Waals surface area contributed by atoms with Gasteiger partial charge in [0, 0.05) is 31.7 Å².